The summed E-state index contributed by atoms with van der Waals surface area (Å²) in [5, 5.41) is 3.62. The molecule has 0 bridgehead atoms. The largest absolute Gasteiger partial charge is 0.461 e. The third-order valence-corrected chi connectivity index (χ3v) is 4.99. The van der Waals surface area contributed by atoms with Gasteiger partial charge in [-0.3, -0.25) is 0 Å². The SMILES string of the molecule is CC(C)[C@H]1CCC[C@H](C)[C@H]1NCCOC(=O)c1ccc(N)cc1. The van der Waals surface area contributed by atoms with Crippen molar-refractivity contribution in [3.8, 4) is 0 Å². The van der Waals surface area contributed by atoms with Crippen LogP contribution in [0.1, 0.15) is 50.4 Å². The van der Waals surface area contributed by atoms with Crippen LogP contribution in [0.5, 0.6) is 0 Å². The normalized spacial score (nSPS) is 24.6. The predicted molar refractivity (Wildman–Crippen MR) is 94.3 cm³/mol. The van der Waals surface area contributed by atoms with E-state index < -0.39 is 0 Å². The molecular formula is C19H30N2O2. The molecule has 3 N–H and O–H groups in total. The minimum Gasteiger partial charge on any atom is -0.461 e. The van der Waals surface area contributed by atoms with Crippen LogP contribution in [0.3, 0.4) is 0 Å². The van der Waals surface area contributed by atoms with Crippen LogP contribution in [-0.2, 0) is 4.74 Å². The highest BCUT2D eigenvalue weighted by atomic mass is 16.5. The summed E-state index contributed by atoms with van der Waals surface area (Å²) in [6.45, 7) is 8.04. The summed E-state index contributed by atoms with van der Waals surface area (Å²) in [6.07, 6.45) is 3.91. The summed E-state index contributed by atoms with van der Waals surface area (Å²) >= 11 is 0. The number of benzene rings is 1. The molecule has 0 amide bonds. The van der Waals surface area contributed by atoms with Crippen LogP contribution in [0, 0.1) is 17.8 Å². The van der Waals surface area contributed by atoms with E-state index in [-0.39, 0.29) is 5.97 Å². The lowest BCUT2D eigenvalue weighted by Crippen LogP contribution is -2.46. The molecule has 0 saturated heterocycles. The van der Waals surface area contributed by atoms with Gasteiger partial charge in [-0.2, -0.15) is 0 Å². The van der Waals surface area contributed by atoms with Crippen molar-refractivity contribution in [1.29, 1.82) is 0 Å². The zero-order valence-corrected chi connectivity index (χ0v) is 14.5. The molecule has 1 aliphatic carbocycles. The molecule has 0 aliphatic heterocycles. The predicted octanol–water partition coefficient (Wildman–Crippen LogP) is 3.48. The first kappa shape index (κ1) is 17.8. The number of esters is 1. The third kappa shape index (κ3) is 4.96. The highest BCUT2D eigenvalue weighted by Crippen LogP contribution is 2.33. The van der Waals surface area contributed by atoms with E-state index in [4.69, 9.17) is 10.5 Å². The molecule has 2 rings (SSSR count). The Morgan fingerprint density at radius 1 is 1.30 bits per heavy atom. The van der Waals surface area contributed by atoms with Gasteiger partial charge < -0.3 is 15.8 Å². The lowest BCUT2D eigenvalue weighted by molar-refractivity contribution is 0.0492. The molecule has 0 aromatic heterocycles. The first-order valence-electron chi connectivity index (χ1n) is 8.75. The van der Waals surface area contributed by atoms with Crippen molar-refractivity contribution in [2.75, 3.05) is 18.9 Å². The molecule has 4 heteroatoms. The highest BCUT2D eigenvalue weighted by Gasteiger charge is 2.31. The topological polar surface area (TPSA) is 64.3 Å². The molecule has 0 heterocycles. The second-order valence-corrected chi connectivity index (χ2v) is 7.05. The van der Waals surface area contributed by atoms with Gasteiger partial charge in [0, 0.05) is 18.3 Å². The smallest absolute Gasteiger partial charge is 0.338 e. The van der Waals surface area contributed by atoms with E-state index in [1.54, 1.807) is 24.3 Å². The van der Waals surface area contributed by atoms with Gasteiger partial charge in [-0.25, -0.2) is 4.79 Å². The molecule has 1 fully saturated rings. The van der Waals surface area contributed by atoms with Gasteiger partial charge in [0.25, 0.3) is 0 Å². The molecule has 4 nitrogen and oxygen atoms in total. The first-order chi connectivity index (χ1) is 11.0. The monoisotopic (exact) mass is 318 g/mol. The Bertz CT molecular complexity index is 499. The molecule has 1 aromatic carbocycles. The summed E-state index contributed by atoms with van der Waals surface area (Å²) in [6, 6.07) is 7.35. The number of rotatable bonds is 6. The van der Waals surface area contributed by atoms with Crippen molar-refractivity contribution in [2.45, 2.75) is 46.1 Å². The summed E-state index contributed by atoms with van der Waals surface area (Å²) in [5.41, 5.74) is 6.81. The Morgan fingerprint density at radius 2 is 2.00 bits per heavy atom. The zero-order chi connectivity index (χ0) is 16.8. The highest BCUT2D eigenvalue weighted by molar-refractivity contribution is 5.89. The number of nitrogen functional groups attached to an aromatic ring is 1. The maximum absolute atomic E-state index is 12.0. The van der Waals surface area contributed by atoms with E-state index in [1.165, 1.54) is 19.3 Å². The lowest BCUT2D eigenvalue weighted by atomic mass is 9.73. The molecule has 0 radical (unpaired) electrons. The van der Waals surface area contributed by atoms with Crippen LogP contribution in [0.25, 0.3) is 0 Å². The van der Waals surface area contributed by atoms with Gasteiger partial charge in [0.1, 0.15) is 6.61 Å². The van der Waals surface area contributed by atoms with Crippen molar-refractivity contribution < 1.29 is 9.53 Å². The number of nitrogens with one attached hydrogen (secondary N) is 1. The van der Waals surface area contributed by atoms with Crippen molar-refractivity contribution in [3.05, 3.63) is 29.8 Å². The third-order valence-electron chi connectivity index (χ3n) is 4.99. The van der Waals surface area contributed by atoms with Crippen LogP contribution in [-0.4, -0.2) is 25.2 Å². The number of nitrogens with two attached hydrogens (primary N) is 1. The Kier molecular flexibility index (Phi) is 6.46. The first-order valence-corrected chi connectivity index (χ1v) is 8.75. The van der Waals surface area contributed by atoms with E-state index in [2.05, 4.69) is 26.1 Å². The molecular weight excluding hydrogens is 288 g/mol. The van der Waals surface area contributed by atoms with Crippen molar-refractivity contribution in [3.63, 3.8) is 0 Å². The van der Waals surface area contributed by atoms with E-state index in [1.807, 2.05) is 0 Å². The van der Waals surface area contributed by atoms with Crippen molar-refractivity contribution in [2.24, 2.45) is 17.8 Å². The molecule has 3 atom stereocenters. The van der Waals surface area contributed by atoms with Gasteiger partial charge in [0.05, 0.1) is 5.56 Å². The summed E-state index contributed by atoms with van der Waals surface area (Å²) in [5.74, 6) is 1.80. The fourth-order valence-corrected chi connectivity index (χ4v) is 3.63. The molecule has 0 spiro atoms. The fourth-order valence-electron chi connectivity index (χ4n) is 3.63. The number of carbonyl (C=O) groups is 1. The van der Waals surface area contributed by atoms with Crippen LogP contribution in [0.15, 0.2) is 24.3 Å². The lowest BCUT2D eigenvalue weighted by Gasteiger charge is -2.39. The molecule has 1 aromatic rings. The average molecular weight is 318 g/mol. The fraction of sp³-hybridized carbons (Fsp3) is 0.632. The minimum absolute atomic E-state index is 0.288. The Balaban J connectivity index is 1.77. The summed E-state index contributed by atoms with van der Waals surface area (Å²) in [7, 11) is 0. The zero-order valence-electron chi connectivity index (χ0n) is 14.5. The number of carbonyl (C=O) groups excluding carboxylic acids is 1. The quantitative estimate of drug-likeness (QED) is 0.479. The number of anilines is 1. The van der Waals surface area contributed by atoms with E-state index in [0.29, 0.717) is 48.2 Å². The van der Waals surface area contributed by atoms with Gasteiger partial charge in [0.15, 0.2) is 0 Å². The van der Waals surface area contributed by atoms with Gasteiger partial charge in [-0.1, -0.05) is 27.2 Å². The van der Waals surface area contributed by atoms with Crippen molar-refractivity contribution in [1.82, 2.24) is 5.32 Å². The van der Waals surface area contributed by atoms with Gasteiger partial charge in [0.2, 0.25) is 0 Å². The van der Waals surface area contributed by atoms with Crippen LogP contribution < -0.4 is 11.1 Å². The van der Waals surface area contributed by atoms with Crippen LogP contribution >= 0.6 is 0 Å². The molecule has 0 unspecified atom stereocenters. The molecule has 23 heavy (non-hydrogen) atoms. The van der Waals surface area contributed by atoms with Crippen LogP contribution in [0.4, 0.5) is 5.69 Å². The van der Waals surface area contributed by atoms with Gasteiger partial charge >= 0.3 is 5.97 Å². The maximum Gasteiger partial charge on any atom is 0.338 e. The van der Waals surface area contributed by atoms with Crippen molar-refractivity contribution >= 4 is 11.7 Å². The Labute approximate surface area is 139 Å². The Hall–Kier alpha value is -1.55. The van der Waals surface area contributed by atoms with E-state index in [0.717, 1.165) is 0 Å². The van der Waals surface area contributed by atoms with Gasteiger partial charge in [-0.15, -0.1) is 0 Å². The number of hydrogen-bond donors (Lipinski definition) is 2. The standard InChI is InChI=1S/C19H30N2O2/c1-13(2)17-6-4-5-14(3)18(17)21-11-12-23-19(22)15-7-9-16(20)10-8-15/h7-10,13-14,17-18,21H,4-6,11-12,20H2,1-3H3/t14-,17+,18+/m0/s1. The van der Waals surface area contributed by atoms with Crippen LogP contribution in [0.2, 0.25) is 0 Å². The second-order valence-electron chi connectivity index (χ2n) is 7.05. The second kappa shape index (κ2) is 8.34. The maximum atomic E-state index is 12.0. The molecule has 1 saturated carbocycles. The number of ether oxygens (including phenoxy) is 1. The van der Waals surface area contributed by atoms with E-state index in [9.17, 15) is 4.79 Å². The van der Waals surface area contributed by atoms with Gasteiger partial charge in [-0.05, 0) is 54.9 Å². The Morgan fingerprint density at radius 3 is 2.65 bits per heavy atom. The number of hydrogen-bond acceptors (Lipinski definition) is 4. The molecule has 1 aliphatic rings. The van der Waals surface area contributed by atoms with E-state index >= 15 is 0 Å². The summed E-state index contributed by atoms with van der Waals surface area (Å²) in [4.78, 5) is 12.0. The molecule has 128 valence electrons. The average Bonchev–Trinajstić information content (AvgIpc) is 2.52. The minimum atomic E-state index is -0.288. The summed E-state index contributed by atoms with van der Waals surface area (Å²) < 4.78 is 5.35.